The van der Waals surface area contributed by atoms with Crippen LogP contribution in [0.4, 0.5) is 0 Å². The van der Waals surface area contributed by atoms with E-state index < -0.39 is 0 Å². The van der Waals surface area contributed by atoms with Crippen LogP contribution in [0.15, 0.2) is 67.5 Å². The van der Waals surface area contributed by atoms with Gasteiger partial charge < -0.3 is 9.31 Å². The summed E-state index contributed by atoms with van der Waals surface area (Å²) in [6.45, 7) is 9.06. The van der Waals surface area contributed by atoms with Crippen molar-refractivity contribution in [3.8, 4) is 5.75 Å². The molecule has 0 saturated heterocycles. The van der Waals surface area contributed by atoms with Crippen molar-refractivity contribution < 1.29 is 9.31 Å². The molecule has 0 unspecified atom stereocenters. The Balaban J connectivity index is 2.53. The van der Waals surface area contributed by atoms with Crippen LogP contribution in [0.2, 0.25) is 6.82 Å². The number of hydrogen-bond acceptors (Lipinski definition) is 2. The number of hydrogen-bond donors (Lipinski definition) is 0. The minimum Gasteiger partial charge on any atom is -0.526 e. The highest BCUT2D eigenvalue weighted by molar-refractivity contribution is 6.43. The van der Waals surface area contributed by atoms with Crippen LogP contribution in [0, 0.1) is 0 Å². The Morgan fingerprint density at radius 1 is 1.25 bits per heavy atom. The Morgan fingerprint density at radius 2 is 1.94 bits per heavy atom. The number of rotatable bonds is 6. The summed E-state index contributed by atoms with van der Waals surface area (Å²) in [5.74, 6) is 1.41. The summed E-state index contributed by atoms with van der Waals surface area (Å²) in [7, 11) is -0.369. The van der Waals surface area contributed by atoms with Crippen molar-refractivity contribution in [2.45, 2.75) is 6.82 Å². The van der Waals surface area contributed by atoms with E-state index in [0.717, 1.165) is 5.75 Å². The fourth-order valence-electron chi connectivity index (χ4n) is 1.18. The topological polar surface area (TPSA) is 18.5 Å². The van der Waals surface area contributed by atoms with E-state index in [1.165, 1.54) is 0 Å². The molecular formula is C13H15BO2. The summed E-state index contributed by atoms with van der Waals surface area (Å²) in [5.41, 5.74) is 0. The zero-order valence-corrected chi connectivity index (χ0v) is 9.43. The molecule has 82 valence electrons. The van der Waals surface area contributed by atoms with Crippen molar-refractivity contribution >= 4 is 7.12 Å². The van der Waals surface area contributed by atoms with Crippen molar-refractivity contribution in [3.05, 3.63) is 67.5 Å². The number of para-hydroxylation sites is 1. The standard InChI is InChI=1S/C13H15BO2/c1-4-9-12(5-2)15-14(3)16-13-10-7-6-8-11-13/h4-11H,1-2H2,3H3/b12-9+. The quantitative estimate of drug-likeness (QED) is 0.410. The molecule has 0 bridgehead atoms. The molecule has 0 atom stereocenters. The van der Waals surface area contributed by atoms with E-state index in [2.05, 4.69) is 13.2 Å². The van der Waals surface area contributed by atoms with Crippen LogP contribution in [0.1, 0.15) is 0 Å². The summed E-state index contributed by atoms with van der Waals surface area (Å²) >= 11 is 0. The third-order valence-corrected chi connectivity index (χ3v) is 1.83. The lowest BCUT2D eigenvalue weighted by Crippen LogP contribution is -2.21. The SMILES string of the molecule is C=C/C=C(\C=C)OB(C)Oc1ccccc1. The molecule has 0 saturated carbocycles. The summed E-state index contributed by atoms with van der Waals surface area (Å²) in [4.78, 5) is 0. The van der Waals surface area contributed by atoms with Crippen LogP contribution in [0.25, 0.3) is 0 Å². The second-order valence-corrected chi connectivity index (χ2v) is 3.13. The van der Waals surface area contributed by atoms with Gasteiger partial charge in [-0.1, -0.05) is 37.4 Å². The monoisotopic (exact) mass is 214 g/mol. The fraction of sp³-hybridized carbons (Fsp3) is 0.0769. The normalized spacial score (nSPS) is 10.4. The molecule has 0 aromatic heterocycles. The van der Waals surface area contributed by atoms with Gasteiger partial charge in [-0.05, 0) is 31.1 Å². The maximum Gasteiger partial charge on any atom is 0.591 e. The third kappa shape index (κ3) is 4.09. The third-order valence-electron chi connectivity index (χ3n) is 1.83. The van der Waals surface area contributed by atoms with Crippen molar-refractivity contribution in [2.75, 3.05) is 0 Å². The summed E-state index contributed by atoms with van der Waals surface area (Å²) in [6.07, 6.45) is 5.00. The first-order valence-corrected chi connectivity index (χ1v) is 5.09. The van der Waals surface area contributed by atoms with Crippen LogP contribution in [-0.4, -0.2) is 7.12 Å². The molecule has 0 aliphatic rings. The molecule has 1 aromatic rings. The minimum atomic E-state index is -0.369. The largest absolute Gasteiger partial charge is 0.591 e. The second kappa shape index (κ2) is 6.56. The molecular weight excluding hydrogens is 199 g/mol. The first kappa shape index (κ1) is 12.2. The van der Waals surface area contributed by atoms with Gasteiger partial charge in [-0.25, -0.2) is 0 Å². The van der Waals surface area contributed by atoms with Gasteiger partial charge in [-0.15, -0.1) is 0 Å². The van der Waals surface area contributed by atoms with Gasteiger partial charge in [0.05, 0.1) is 0 Å². The van der Waals surface area contributed by atoms with Crippen molar-refractivity contribution in [2.24, 2.45) is 0 Å². The summed E-state index contributed by atoms with van der Waals surface area (Å²) in [5, 5.41) is 0. The molecule has 0 aliphatic carbocycles. The van der Waals surface area contributed by atoms with Crippen LogP contribution in [-0.2, 0) is 4.65 Å². The van der Waals surface area contributed by atoms with Crippen molar-refractivity contribution in [1.82, 2.24) is 0 Å². The minimum absolute atomic E-state index is 0.369. The molecule has 0 N–H and O–H groups in total. The summed E-state index contributed by atoms with van der Waals surface area (Å²) in [6, 6.07) is 9.52. The van der Waals surface area contributed by atoms with Gasteiger partial charge >= 0.3 is 7.12 Å². The Kier molecular flexibility index (Phi) is 4.99. The van der Waals surface area contributed by atoms with Gasteiger partial charge in [-0.2, -0.15) is 0 Å². The highest BCUT2D eigenvalue weighted by Crippen LogP contribution is 2.11. The highest BCUT2D eigenvalue weighted by Gasteiger charge is 2.14. The molecule has 3 heteroatoms. The van der Waals surface area contributed by atoms with Crippen LogP contribution < -0.4 is 4.65 Å². The number of benzene rings is 1. The van der Waals surface area contributed by atoms with E-state index in [1.54, 1.807) is 18.2 Å². The van der Waals surface area contributed by atoms with E-state index in [1.807, 2.05) is 37.2 Å². The van der Waals surface area contributed by atoms with Crippen LogP contribution in [0.5, 0.6) is 5.75 Å². The smallest absolute Gasteiger partial charge is 0.526 e. The van der Waals surface area contributed by atoms with E-state index in [0.29, 0.717) is 5.76 Å². The van der Waals surface area contributed by atoms with E-state index in [9.17, 15) is 0 Å². The Morgan fingerprint density at radius 3 is 2.50 bits per heavy atom. The van der Waals surface area contributed by atoms with Crippen molar-refractivity contribution in [3.63, 3.8) is 0 Å². The van der Waals surface area contributed by atoms with Gasteiger partial charge in [0.1, 0.15) is 11.5 Å². The molecule has 0 spiro atoms. The first-order chi connectivity index (χ1) is 7.76. The lowest BCUT2D eigenvalue weighted by molar-refractivity contribution is 0.363. The average Bonchev–Trinajstić information content (AvgIpc) is 2.29. The molecule has 0 radical (unpaired) electrons. The fourth-order valence-corrected chi connectivity index (χ4v) is 1.18. The van der Waals surface area contributed by atoms with Gasteiger partial charge in [0.2, 0.25) is 0 Å². The zero-order chi connectivity index (χ0) is 11.8. The second-order valence-electron chi connectivity index (χ2n) is 3.13. The molecule has 1 aromatic carbocycles. The van der Waals surface area contributed by atoms with E-state index in [4.69, 9.17) is 9.31 Å². The predicted molar refractivity (Wildman–Crippen MR) is 68.3 cm³/mol. The maximum absolute atomic E-state index is 5.55. The molecule has 16 heavy (non-hydrogen) atoms. The lowest BCUT2D eigenvalue weighted by atomic mass is 9.95. The Hall–Kier alpha value is -1.90. The summed E-state index contributed by atoms with van der Waals surface area (Å²) < 4.78 is 11.0. The zero-order valence-electron chi connectivity index (χ0n) is 9.43. The van der Waals surface area contributed by atoms with Crippen molar-refractivity contribution in [1.29, 1.82) is 0 Å². The van der Waals surface area contributed by atoms with Crippen LogP contribution >= 0.6 is 0 Å². The maximum atomic E-state index is 5.55. The lowest BCUT2D eigenvalue weighted by Gasteiger charge is -2.13. The first-order valence-electron chi connectivity index (χ1n) is 5.09. The Bertz CT molecular complexity index is 371. The number of allylic oxidation sites excluding steroid dienone is 3. The van der Waals surface area contributed by atoms with E-state index >= 15 is 0 Å². The molecule has 0 aliphatic heterocycles. The average molecular weight is 214 g/mol. The Labute approximate surface area is 97.0 Å². The van der Waals surface area contributed by atoms with Gasteiger partial charge in [0.25, 0.3) is 0 Å². The molecule has 1 rings (SSSR count). The molecule has 0 amide bonds. The van der Waals surface area contributed by atoms with Gasteiger partial charge in [-0.3, -0.25) is 0 Å². The van der Waals surface area contributed by atoms with Gasteiger partial charge in [0.15, 0.2) is 0 Å². The van der Waals surface area contributed by atoms with Gasteiger partial charge in [0, 0.05) is 0 Å². The van der Waals surface area contributed by atoms with E-state index in [-0.39, 0.29) is 7.12 Å². The molecule has 0 fully saturated rings. The molecule has 2 nitrogen and oxygen atoms in total. The van der Waals surface area contributed by atoms with Crippen LogP contribution in [0.3, 0.4) is 0 Å². The predicted octanol–water partition coefficient (Wildman–Crippen LogP) is 3.46. The highest BCUT2D eigenvalue weighted by atomic mass is 16.6. The molecule has 0 heterocycles.